The Labute approximate surface area is 135 Å². The number of aromatic nitrogens is 2. The lowest BCUT2D eigenvalue weighted by molar-refractivity contribution is 0.269. The molecule has 0 bridgehead atoms. The molecule has 1 atom stereocenters. The van der Waals surface area contributed by atoms with Gasteiger partial charge in [0.05, 0.1) is 24.2 Å². The Hall–Kier alpha value is -1.73. The summed E-state index contributed by atoms with van der Waals surface area (Å²) in [5.74, 6) is -0.326. The fourth-order valence-corrected chi connectivity index (χ4v) is 3.96. The second-order valence-corrected chi connectivity index (χ2v) is 8.71. The number of nitrogens with zero attached hydrogens (tertiary/aromatic N) is 2. The van der Waals surface area contributed by atoms with Crippen molar-refractivity contribution in [1.29, 1.82) is 0 Å². The van der Waals surface area contributed by atoms with E-state index in [1.165, 1.54) is 12.1 Å². The lowest BCUT2D eigenvalue weighted by Crippen LogP contribution is -2.36. The van der Waals surface area contributed by atoms with E-state index in [2.05, 4.69) is 23.7 Å². The van der Waals surface area contributed by atoms with Crippen LogP contribution in [0.4, 0.5) is 4.39 Å². The zero-order valence-corrected chi connectivity index (χ0v) is 14.2. The number of nitrogens with one attached hydrogen (secondary N) is 1. The number of rotatable bonds is 3. The number of hydrogen-bond donors (Lipinski definition) is 1. The first-order valence-electron chi connectivity index (χ1n) is 7.45. The molecule has 1 N–H and O–H groups in total. The lowest BCUT2D eigenvalue weighted by atomic mass is 9.74. The summed E-state index contributed by atoms with van der Waals surface area (Å²) in [5, 5.41) is 4.37. The minimum Gasteiger partial charge on any atom is -0.237 e. The van der Waals surface area contributed by atoms with Gasteiger partial charge in [0.15, 0.2) is 0 Å². The standard InChI is InChI=1S/C16H20FN3O2S/c1-16(2)8-14(19-23(3,21)22)13-10-18-20(15(13)9-16)12-6-4-5-11(17)7-12/h4-7,10,14,19H,8-9H2,1-3H3. The molecule has 3 rings (SSSR count). The summed E-state index contributed by atoms with van der Waals surface area (Å²) in [5.41, 5.74) is 2.34. The largest absolute Gasteiger partial charge is 0.237 e. The molecule has 23 heavy (non-hydrogen) atoms. The molecular formula is C16H20FN3O2S. The number of hydrogen-bond acceptors (Lipinski definition) is 3. The van der Waals surface area contributed by atoms with Crippen molar-refractivity contribution in [2.45, 2.75) is 32.7 Å². The average molecular weight is 337 g/mol. The zero-order valence-electron chi connectivity index (χ0n) is 13.4. The molecule has 1 aliphatic carbocycles. The molecule has 7 heteroatoms. The smallest absolute Gasteiger partial charge is 0.209 e. The molecule has 124 valence electrons. The number of fused-ring (bicyclic) bond motifs is 1. The van der Waals surface area contributed by atoms with E-state index in [-0.39, 0.29) is 17.3 Å². The molecule has 0 amide bonds. The van der Waals surface area contributed by atoms with Crippen molar-refractivity contribution in [2.24, 2.45) is 5.41 Å². The van der Waals surface area contributed by atoms with Crippen molar-refractivity contribution < 1.29 is 12.8 Å². The van der Waals surface area contributed by atoms with Crippen molar-refractivity contribution in [3.63, 3.8) is 0 Å². The molecule has 0 radical (unpaired) electrons. The Kier molecular flexibility index (Phi) is 3.80. The van der Waals surface area contributed by atoms with Gasteiger partial charge in [0.25, 0.3) is 0 Å². The minimum absolute atomic E-state index is 0.0829. The summed E-state index contributed by atoms with van der Waals surface area (Å²) in [6, 6.07) is 5.92. The fraction of sp³-hybridized carbons (Fsp3) is 0.438. The minimum atomic E-state index is -3.33. The highest BCUT2D eigenvalue weighted by Gasteiger charge is 2.36. The molecule has 2 aromatic rings. The van der Waals surface area contributed by atoms with Crippen molar-refractivity contribution in [3.8, 4) is 5.69 Å². The van der Waals surface area contributed by atoms with Gasteiger partial charge in [0.2, 0.25) is 10.0 Å². The quantitative estimate of drug-likeness (QED) is 0.936. The Morgan fingerprint density at radius 2 is 2.13 bits per heavy atom. The molecule has 1 aromatic carbocycles. The number of halogens is 1. The monoisotopic (exact) mass is 337 g/mol. The summed E-state index contributed by atoms with van der Waals surface area (Å²) in [6.45, 7) is 4.19. The normalized spacial score (nSPS) is 20.3. The molecule has 0 saturated carbocycles. The molecule has 0 fully saturated rings. The summed E-state index contributed by atoms with van der Waals surface area (Å²) in [7, 11) is -3.33. The molecule has 0 spiro atoms. The third-order valence-electron chi connectivity index (χ3n) is 4.09. The van der Waals surface area contributed by atoms with Gasteiger partial charge >= 0.3 is 0 Å². The van der Waals surface area contributed by atoms with E-state index < -0.39 is 10.0 Å². The Balaban J connectivity index is 2.08. The van der Waals surface area contributed by atoms with Crippen LogP contribution in [0.25, 0.3) is 5.69 Å². The highest BCUT2D eigenvalue weighted by Crippen LogP contribution is 2.41. The van der Waals surface area contributed by atoms with Crippen LogP contribution in [0.2, 0.25) is 0 Å². The second kappa shape index (κ2) is 5.42. The maximum atomic E-state index is 13.5. The SMILES string of the molecule is CC1(C)Cc2c(cnn2-c2cccc(F)c2)C(NS(C)(=O)=O)C1. The van der Waals surface area contributed by atoms with Crippen LogP contribution in [-0.4, -0.2) is 24.5 Å². The number of benzene rings is 1. The summed E-state index contributed by atoms with van der Waals surface area (Å²) in [4.78, 5) is 0. The lowest BCUT2D eigenvalue weighted by Gasteiger charge is -2.35. The maximum Gasteiger partial charge on any atom is 0.209 e. The van der Waals surface area contributed by atoms with Gasteiger partial charge in [-0.2, -0.15) is 5.10 Å². The number of sulfonamides is 1. The van der Waals surface area contributed by atoms with E-state index >= 15 is 0 Å². The van der Waals surface area contributed by atoms with E-state index in [0.717, 1.165) is 23.9 Å². The van der Waals surface area contributed by atoms with Crippen LogP contribution < -0.4 is 4.72 Å². The molecule has 1 unspecified atom stereocenters. The first-order valence-corrected chi connectivity index (χ1v) is 9.34. The summed E-state index contributed by atoms with van der Waals surface area (Å²) >= 11 is 0. The van der Waals surface area contributed by atoms with Crippen LogP contribution in [0.1, 0.15) is 37.6 Å². The van der Waals surface area contributed by atoms with Crippen LogP contribution in [0, 0.1) is 11.2 Å². The van der Waals surface area contributed by atoms with Gasteiger partial charge < -0.3 is 0 Å². The highest BCUT2D eigenvalue weighted by molar-refractivity contribution is 7.88. The topological polar surface area (TPSA) is 64.0 Å². The van der Waals surface area contributed by atoms with Gasteiger partial charge in [-0.1, -0.05) is 19.9 Å². The van der Waals surface area contributed by atoms with Crippen LogP contribution >= 0.6 is 0 Å². The zero-order chi connectivity index (χ0) is 16.8. The Bertz CT molecular complexity index is 843. The van der Waals surface area contributed by atoms with Crippen LogP contribution in [0.3, 0.4) is 0 Å². The third kappa shape index (κ3) is 3.45. The fourth-order valence-electron chi connectivity index (χ4n) is 3.24. The summed E-state index contributed by atoms with van der Waals surface area (Å²) in [6.07, 6.45) is 4.28. The Morgan fingerprint density at radius 3 is 2.78 bits per heavy atom. The van der Waals surface area contributed by atoms with E-state index in [1.807, 2.05) is 0 Å². The van der Waals surface area contributed by atoms with Crippen molar-refractivity contribution >= 4 is 10.0 Å². The molecule has 0 saturated heterocycles. The highest BCUT2D eigenvalue weighted by atomic mass is 32.2. The van der Waals surface area contributed by atoms with Crippen molar-refractivity contribution in [3.05, 3.63) is 47.5 Å². The molecule has 1 aliphatic rings. The molecular weight excluding hydrogens is 317 g/mol. The van der Waals surface area contributed by atoms with E-state index in [9.17, 15) is 12.8 Å². The van der Waals surface area contributed by atoms with Gasteiger partial charge in [0.1, 0.15) is 5.82 Å². The predicted octanol–water partition coefficient (Wildman–Crippen LogP) is 2.57. The van der Waals surface area contributed by atoms with Gasteiger partial charge in [-0.05, 0) is 36.5 Å². The van der Waals surface area contributed by atoms with Crippen molar-refractivity contribution in [1.82, 2.24) is 14.5 Å². The van der Waals surface area contributed by atoms with Gasteiger partial charge in [-0.15, -0.1) is 0 Å². The van der Waals surface area contributed by atoms with Gasteiger partial charge in [0, 0.05) is 11.3 Å². The van der Waals surface area contributed by atoms with Gasteiger partial charge in [-0.3, -0.25) is 0 Å². The second-order valence-electron chi connectivity index (χ2n) is 6.93. The summed E-state index contributed by atoms with van der Waals surface area (Å²) < 4.78 is 41.2. The average Bonchev–Trinajstić information content (AvgIpc) is 2.79. The van der Waals surface area contributed by atoms with Crippen molar-refractivity contribution in [2.75, 3.05) is 6.26 Å². The Morgan fingerprint density at radius 1 is 1.39 bits per heavy atom. The molecule has 5 nitrogen and oxygen atoms in total. The first kappa shape index (κ1) is 16.1. The van der Waals surface area contributed by atoms with E-state index in [1.54, 1.807) is 23.0 Å². The first-order chi connectivity index (χ1) is 10.6. The molecule has 0 aliphatic heterocycles. The molecule has 1 heterocycles. The van der Waals surface area contributed by atoms with E-state index in [4.69, 9.17) is 0 Å². The van der Waals surface area contributed by atoms with E-state index in [0.29, 0.717) is 12.1 Å². The van der Waals surface area contributed by atoms with Crippen LogP contribution in [0.5, 0.6) is 0 Å². The predicted molar refractivity (Wildman–Crippen MR) is 86.3 cm³/mol. The molecule has 1 aromatic heterocycles. The van der Waals surface area contributed by atoms with Crippen LogP contribution in [0.15, 0.2) is 30.5 Å². The maximum absolute atomic E-state index is 13.5. The van der Waals surface area contributed by atoms with Crippen LogP contribution in [-0.2, 0) is 16.4 Å². The van der Waals surface area contributed by atoms with Gasteiger partial charge in [-0.25, -0.2) is 22.2 Å². The third-order valence-corrected chi connectivity index (χ3v) is 4.80.